The molecule has 1 N–H and O–H groups in total. The average molecular weight is 340 g/mol. The van der Waals surface area contributed by atoms with E-state index in [4.69, 9.17) is 11.6 Å². The number of aryl methyl sites for hydroxylation is 1. The summed E-state index contributed by atoms with van der Waals surface area (Å²) in [4.78, 5) is 22.9. The zero-order chi connectivity index (χ0) is 17.7. The average Bonchev–Trinajstić information content (AvgIpc) is 2.56. The Hall–Kier alpha value is -3.10. The molecule has 2 aromatic rings. The molecule has 1 amide bonds. The first-order valence-corrected chi connectivity index (χ1v) is 7.29. The summed E-state index contributed by atoms with van der Waals surface area (Å²) >= 11 is 5.90. The van der Waals surface area contributed by atoms with E-state index in [0.29, 0.717) is 16.3 Å². The van der Waals surface area contributed by atoms with E-state index in [9.17, 15) is 20.0 Å². The molecular weight excluding hydrogens is 328 g/mol. The molecule has 120 valence electrons. The Morgan fingerprint density at radius 2 is 1.88 bits per heavy atom. The van der Waals surface area contributed by atoms with E-state index >= 15 is 0 Å². The van der Waals surface area contributed by atoms with Crippen molar-refractivity contribution in [3.8, 4) is 6.07 Å². The highest BCUT2D eigenvalue weighted by molar-refractivity contribution is 6.31. The number of aromatic carboxylic acids is 1. The Morgan fingerprint density at radius 3 is 2.46 bits per heavy atom. The molecule has 0 spiro atoms. The number of carboxylic acid groups (broad SMARTS) is 1. The number of benzene rings is 2. The van der Waals surface area contributed by atoms with Crippen LogP contribution in [0, 0.1) is 18.3 Å². The Morgan fingerprint density at radius 1 is 1.21 bits per heavy atom. The SMILES string of the molecule is Cc1ccc(Cl)cc1NC(=O)/C(C#N)=C/c1ccc(C(=O)[O-])cc1. The number of hydrogen-bond acceptors (Lipinski definition) is 4. The van der Waals surface area contributed by atoms with Crippen LogP contribution in [0.25, 0.3) is 6.08 Å². The van der Waals surface area contributed by atoms with Gasteiger partial charge in [-0.2, -0.15) is 5.26 Å². The van der Waals surface area contributed by atoms with Crippen LogP contribution in [0.4, 0.5) is 5.69 Å². The van der Waals surface area contributed by atoms with Gasteiger partial charge < -0.3 is 15.2 Å². The number of hydrogen-bond donors (Lipinski definition) is 1. The second-order valence-electron chi connectivity index (χ2n) is 4.99. The fourth-order valence-electron chi connectivity index (χ4n) is 1.95. The maximum atomic E-state index is 12.2. The van der Waals surface area contributed by atoms with Gasteiger partial charge in [0.15, 0.2) is 0 Å². The van der Waals surface area contributed by atoms with Crippen molar-refractivity contribution in [2.45, 2.75) is 6.92 Å². The third kappa shape index (κ3) is 4.22. The molecule has 0 saturated carbocycles. The molecule has 0 atom stereocenters. The Balaban J connectivity index is 2.24. The van der Waals surface area contributed by atoms with Crippen LogP contribution in [0.1, 0.15) is 21.5 Å². The lowest BCUT2D eigenvalue weighted by atomic mass is 10.1. The van der Waals surface area contributed by atoms with Crippen LogP contribution in [-0.2, 0) is 4.79 Å². The molecular formula is C18H12ClN2O3-. The van der Waals surface area contributed by atoms with Gasteiger partial charge in [0.2, 0.25) is 0 Å². The van der Waals surface area contributed by atoms with E-state index in [1.165, 1.54) is 30.3 Å². The summed E-state index contributed by atoms with van der Waals surface area (Å²) in [5.41, 5.74) is 1.75. The molecule has 0 saturated heterocycles. The second kappa shape index (κ2) is 7.44. The zero-order valence-electron chi connectivity index (χ0n) is 12.7. The summed E-state index contributed by atoms with van der Waals surface area (Å²) < 4.78 is 0. The Bertz CT molecular complexity index is 865. The fraction of sp³-hybridized carbons (Fsp3) is 0.0556. The smallest absolute Gasteiger partial charge is 0.266 e. The van der Waals surface area contributed by atoms with Crippen LogP contribution in [0.3, 0.4) is 0 Å². The monoisotopic (exact) mass is 339 g/mol. The summed E-state index contributed by atoms with van der Waals surface area (Å²) in [6.45, 7) is 1.81. The fourth-order valence-corrected chi connectivity index (χ4v) is 2.12. The number of nitrogens with zero attached hydrogens (tertiary/aromatic N) is 1. The molecule has 0 unspecified atom stereocenters. The van der Waals surface area contributed by atoms with Crippen molar-refractivity contribution in [3.05, 3.63) is 69.8 Å². The predicted molar refractivity (Wildman–Crippen MR) is 89.2 cm³/mol. The minimum absolute atomic E-state index is 0.0182. The molecule has 0 fully saturated rings. The number of halogens is 1. The van der Waals surface area contributed by atoms with E-state index in [0.717, 1.165) is 5.56 Å². The van der Waals surface area contributed by atoms with E-state index in [2.05, 4.69) is 5.32 Å². The number of carbonyl (C=O) groups excluding carboxylic acids is 2. The predicted octanol–water partition coefficient (Wildman–Crippen LogP) is 2.56. The lowest BCUT2D eigenvalue weighted by Gasteiger charge is -2.08. The molecule has 0 aromatic heterocycles. The van der Waals surface area contributed by atoms with Crippen LogP contribution >= 0.6 is 11.6 Å². The highest BCUT2D eigenvalue weighted by atomic mass is 35.5. The Labute approximate surface area is 143 Å². The molecule has 6 heteroatoms. The largest absolute Gasteiger partial charge is 0.545 e. The lowest BCUT2D eigenvalue weighted by molar-refractivity contribution is -0.255. The molecule has 24 heavy (non-hydrogen) atoms. The molecule has 5 nitrogen and oxygen atoms in total. The first-order chi connectivity index (χ1) is 11.4. The second-order valence-corrected chi connectivity index (χ2v) is 5.43. The molecule has 0 aliphatic carbocycles. The van der Waals surface area contributed by atoms with Crippen molar-refractivity contribution in [1.82, 2.24) is 0 Å². The van der Waals surface area contributed by atoms with E-state index in [1.54, 1.807) is 25.1 Å². The highest BCUT2D eigenvalue weighted by Crippen LogP contribution is 2.21. The maximum absolute atomic E-state index is 12.2. The van der Waals surface area contributed by atoms with Crippen LogP contribution < -0.4 is 10.4 Å². The molecule has 0 heterocycles. The van der Waals surface area contributed by atoms with Gasteiger partial charge in [-0.3, -0.25) is 4.79 Å². The molecule has 2 aromatic carbocycles. The van der Waals surface area contributed by atoms with Crippen molar-refractivity contribution in [3.63, 3.8) is 0 Å². The number of rotatable bonds is 4. The van der Waals surface area contributed by atoms with Gasteiger partial charge in [0.05, 0.1) is 5.97 Å². The van der Waals surface area contributed by atoms with Crippen LogP contribution in [-0.4, -0.2) is 11.9 Å². The maximum Gasteiger partial charge on any atom is 0.266 e. The number of amides is 1. The molecule has 0 aliphatic rings. The van der Waals surface area contributed by atoms with Crippen molar-refractivity contribution in [1.29, 1.82) is 5.26 Å². The quantitative estimate of drug-likeness (QED) is 0.684. The summed E-state index contributed by atoms with van der Waals surface area (Å²) in [7, 11) is 0. The molecule has 2 rings (SSSR count). The van der Waals surface area contributed by atoms with Crippen LogP contribution in [0.15, 0.2) is 48.0 Å². The summed E-state index contributed by atoms with van der Waals surface area (Å²) in [5, 5.41) is 23.0. The molecule has 0 radical (unpaired) electrons. The zero-order valence-corrected chi connectivity index (χ0v) is 13.4. The van der Waals surface area contributed by atoms with E-state index in [-0.39, 0.29) is 11.1 Å². The number of anilines is 1. The minimum Gasteiger partial charge on any atom is -0.545 e. The van der Waals surface area contributed by atoms with Gasteiger partial charge in [-0.25, -0.2) is 0 Å². The third-order valence-electron chi connectivity index (χ3n) is 3.27. The van der Waals surface area contributed by atoms with Gasteiger partial charge in [0.1, 0.15) is 11.6 Å². The summed E-state index contributed by atoms with van der Waals surface area (Å²) in [5.74, 6) is -1.87. The first kappa shape index (κ1) is 17.3. The first-order valence-electron chi connectivity index (χ1n) is 6.91. The van der Waals surface area contributed by atoms with Crippen LogP contribution in [0.5, 0.6) is 0 Å². The molecule has 0 bridgehead atoms. The van der Waals surface area contributed by atoms with E-state index in [1.807, 2.05) is 6.07 Å². The van der Waals surface area contributed by atoms with Crippen molar-refractivity contribution >= 4 is 35.2 Å². The summed E-state index contributed by atoms with van der Waals surface area (Å²) in [6, 6.07) is 12.5. The van der Waals surface area contributed by atoms with Gasteiger partial charge >= 0.3 is 0 Å². The van der Waals surface area contributed by atoms with Gasteiger partial charge in [0, 0.05) is 10.7 Å². The lowest BCUT2D eigenvalue weighted by Crippen LogP contribution is -2.21. The number of carboxylic acids is 1. The van der Waals surface area contributed by atoms with Gasteiger partial charge in [0.25, 0.3) is 5.91 Å². The van der Waals surface area contributed by atoms with Crippen molar-refractivity contribution < 1.29 is 14.7 Å². The standard InChI is InChI=1S/C18H13ClN2O3/c1-11-2-7-15(19)9-16(11)21-17(22)14(10-20)8-12-3-5-13(6-4-12)18(23)24/h2-9H,1H3,(H,21,22)(H,23,24)/p-1/b14-8+. The normalized spacial score (nSPS) is 10.8. The van der Waals surface area contributed by atoms with Gasteiger partial charge in [-0.05, 0) is 41.8 Å². The number of carbonyl (C=O) groups is 2. The van der Waals surface area contributed by atoms with Gasteiger partial charge in [-0.1, -0.05) is 41.9 Å². The Kier molecular flexibility index (Phi) is 5.35. The van der Waals surface area contributed by atoms with Crippen molar-refractivity contribution in [2.75, 3.05) is 5.32 Å². The number of nitriles is 1. The van der Waals surface area contributed by atoms with E-state index < -0.39 is 11.9 Å². The topological polar surface area (TPSA) is 93.0 Å². The van der Waals surface area contributed by atoms with Gasteiger partial charge in [-0.15, -0.1) is 0 Å². The molecule has 0 aliphatic heterocycles. The van der Waals surface area contributed by atoms with Crippen LogP contribution in [0.2, 0.25) is 5.02 Å². The third-order valence-corrected chi connectivity index (χ3v) is 3.51. The minimum atomic E-state index is -1.29. The number of nitrogens with one attached hydrogen (secondary N) is 1. The summed E-state index contributed by atoms with van der Waals surface area (Å²) in [6.07, 6.45) is 1.37. The highest BCUT2D eigenvalue weighted by Gasteiger charge is 2.11. The van der Waals surface area contributed by atoms with Crippen molar-refractivity contribution in [2.24, 2.45) is 0 Å².